The van der Waals surface area contributed by atoms with Crippen LogP contribution in [0.3, 0.4) is 0 Å². The first-order valence-corrected chi connectivity index (χ1v) is 8.98. The van der Waals surface area contributed by atoms with Gasteiger partial charge in [-0.15, -0.1) is 0 Å². The van der Waals surface area contributed by atoms with Crippen molar-refractivity contribution in [2.24, 2.45) is 35.5 Å². The van der Waals surface area contributed by atoms with Crippen LogP contribution in [0.2, 0.25) is 0 Å². The maximum absolute atomic E-state index is 12.8. The maximum Gasteiger partial charge on any atom is 0.270 e. The molecule has 2 saturated carbocycles. The summed E-state index contributed by atoms with van der Waals surface area (Å²) in [5.74, 6) is -0.0797. The molecule has 0 aromatic heterocycles. The summed E-state index contributed by atoms with van der Waals surface area (Å²) >= 11 is 3.32. The molecule has 122 valence electrons. The summed E-state index contributed by atoms with van der Waals surface area (Å²) in [7, 11) is 0. The van der Waals surface area contributed by atoms with Gasteiger partial charge in [0.2, 0.25) is 0 Å². The molecule has 6 heteroatoms. The van der Waals surface area contributed by atoms with Gasteiger partial charge in [-0.25, -0.2) is 0 Å². The quantitative estimate of drug-likeness (QED) is 0.625. The number of hydrogen-bond donors (Lipinski definition) is 1. The third kappa shape index (κ3) is 1.83. The van der Waals surface area contributed by atoms with E-state index in [1.54, 1.807) is 24.3 Å². The second kappa shape index (κ2) is 4.79. The van der Waals surface area contributed by atoms with Gasteiger partial charge in [-0.2, -0.15) is 5.01 Å². The third-order valence-corrected chi connectivity index (χ3v) is 6.51. The number of nitrogens with zero attached hydrogens (tertiary/aromatic N) is 1. The van der Waals surface area contributed by atoms with Crippen LogP contribution in [0, 0.1) is 35.5 Å². The Hall–Kier alpha value is -1.95. The Labute approximate surface area is 147 Å². The molecule has 5 aliphatic rings. The highest BCUT2D eigenvalue weighted by molar-refractivity contribution is 9.10. The lowest BCUT2D eigenvalue weighted by molar-refractivity contribution is -0.143. The Balaban J connectivity index is 1.40. The molecular formula is C18H15BrN2O3. The van der Waals surface area contributed by atoms with Crippen LogP contribution in [-0.4, -0.2) is 22.7 Å². The molecule has 6 rings (SSSR count). The third-order valence-electron chi connectivity index (χ3n) is 5.98. The minimum atomic E-state index is -0.437. The first-order valence-electron chi connectivity index (χ1n) is 8.19. The standard InChI is InChI=1S/C18H15BrN2O3/c19-9-3-1-8(2-4-9)16(22)20-21-17(23)14-10-5-6-11(13-7-12(10)13)15(14)18(21)24/h1-6,10-15H,7H2,(H,20,22)/t10-,11-,12+,13+,14-,15+/m0/s1. The lowest BCUT2D eigenvalue weighted by Crippen LogP contribution is -2.46. The van der Waals surface area contributed by atoms with Crippen LogP contribution in [0.25, 0.3) is 0 Å². The van der Waals surface area contributed by atoms with Crippen molar-refractivity contribution < 1.29 is 14.4 Å². The molecule has 5 nitrogen and oxygen atoms in total. The van der Waals surface area contributed by atoms with Gasteiger partial charge in [0.15, 0.2) is 0 Å². The molecule has 24 heavy (non-hydrogen) atoms. The predicted octanol–water partition coefficient (Wildman–Crippen LogP) is 2.15. The van der Waals surface area contributed by atoms with Gasteiger partial charge >= 0.3 is 0 Å². The molecule has 1 heterocycles. The largest absolute Gasteiger partial charge is 0.272 e. The minimum Gasteiger partial charge on any atom is -0.272 e. The minimum absolute atomic E-state index is 0.163. The second-order valence-corrected chi connectivity index (χ2v) is 8.03. The van der Waals surface area contributed by atoms with Gasteiger partial charge in [0.05, 0.1) is 11.8 Å². The summed E-state index contributed by atoms with van der Waals surface area (Å²) in [6.07, 6.45) is 5.36. The van der Waals surface area contributed by atoms with Gasteiger partial charge in [0, 0.05) is 10.0 Å². The number of benzene rings is 1. The van der Waals surface area contributed by atoms with Crippen LogP contribution in [0.15, 0.2) is 40.9 Å². The van der Waals surface area contributed by atoms with Crippen LogP contribution in [0.5, 0.6) is 0 Å². The molecule has 0 unspecified atom stereocenters. The fourth-order valence-corrected chi connectivity index (χ4v) is 5.10. The number of amides is 3. The SMILES string of the molecule is O=C(NN1C(=O)[C@@H]2[C@H]3C=C[C@@H]([C@H]4C[C@H]34)[C@@H]2C1=O)c1ccc(Br)cc1. The molecule has 3 fully saturated rings. The van der Waals surface area contributed by atoms with Crippen molar-refractivity contribution in [3.8, 4) is 0 Å². The summed E-state index contributed by atoms with van der Waals surface area (Å²) in [4.78, 5) is 37.9. The smallest absolute Gasteiger partial charge is 0.270 e. The zero-order valence-corrected chi connectivity index (χ0v) is 14.3. The number of carbonyl (C=O) groups excluding carboxylic acids is 3. The van der Waals surface area contributed by atoms with E-state index < -0.39 is 5.91 Å². The average Bonchev–Trinajstić information content (AvgIpc) is 3.36. The Bertz CT molecular complexity index is 767. The highest BCUT2D eigenvalue weighted by atomic mass is 79.9. The molecule has 6 atom stereocenters. The van der Waals surface area contributed by atoms with Crippen molar-refractivity contribution >= 4 is 33.7 Å². The van der Waals surface area contributed by atoms with Crippen LogP contribution in [-0.2, 0) is 9.59 Å². The Morgan fingerprint density at radius 1 is 1.00 bits per heavy atom. The fourth-order valence-electron chi connectivity index (χ4n) is 4.83. The summed E-state index contributed by atoms with van der Waals surface area (Å²) in [5, 5.41) is 0.970. The van der Waals surface area contributed by atoms with Gasteiger partial charge < -0.3 is 0 Å². The monoisotopic (exact) mass is 386 g/mol. The van der Waals surface area contributed by atoms with Gasteiger partial charge in [0.25, 0.3) is 17.7 Å². The van der Waals surface area contributed by atoms with Crippen molar-refractivity contribution in [2.75, 3.05) is 0 Å². The molecule has 1 aliphatic heterocycles. The Morgan fingerprint density at radius 3 is 2.08 bits per heavy atom. The van der Waals surface area contributed by atoms with Gasteiger partial charge in [0.1, 0.15) is 0 Å². The van der Waals surface area contributed by atoms with Crippen molar-refractivity contribution in [3.05, 3.63) is 46.5 Å². The van der Waals surface area contributed by atoms with Crippen LogP contribution < -0.4 is 5.43 Å². The zero-order chi connectivity index (χ0) is 16.6. The first kappa shape index (κ1) is 14.4. The van der Waals surface area contributed by atoms with Crippen molar-refractivity contribution in [1.82, 2.24) is 10.4 Å². The number of nitrogens with one attached hydrogen (secondary N) is 1. The lowest BCUT2D eigenvalue weighted by atomic mass is 9.63. The molecule has 0 radical (unpaired) electrons. The summed E-state index contributed by atoms with van der Waals surface area (Å²) in [6, 6.07) is 6.80. The van der Waals surface area contributed by atoms with Crippen LogP contribution in [0.4, 0.5) is 0 Å². The molecular weight excluding hydrogens is 372 g/mol. The normalized spacial score (nSPS) is 38.1. The highest BCUT2D eigenvalue weighted by Gasteiger charge is 2.67. The average molecular weight is 387 g/mol. The molecule has 1 N–H and O–H groups in total. The molecule has 1 aromatic rings. The van der Waals surface area contributed by atoms with Gasteiger partial charge in [-0.05, 0) is 54.4 Å². The van der Waals surface area contributed by atoms with Crippen LogP contribution in [0.1, 0.15) is 16.8 Å². The molecule has 1 aromatic carbocycles. The lowest BCUT2D eigenvalue weighted by Gasteiger charge is -2.37. The van der Waals surface area contributed by atoms with E-state index in [9.17, 15) is 14.4 Å². The van der Waals surface area contributed by atoms with E-state index in [-0.39, 0.29) is 35.5 Å². The van der Waals surface area contributed by atoms with E-state index in [4.69, 9.17) is 0 Å². The molecule has 3 amide bonds. The fraction of sp³-hybridized carbons (Fsp3) is 0.389. The number of rotatable bonds is 2. The molecule has 4 aliphatic carbocycles. The number of allylic oxidation sites excluding steroid dienone is 2. The topological polar surface area (TPSA) is 66.5 Å². The maximum atomic E-state index is 12.8. The summed E-state index contributed by atoms with van der Waals surface area (Å²) < 4.78 is 0.861. The van der Waals surface area contributed by atoms with E-state index in [0.717, 1.165) is 15.9 Å². The molecule has 0 spiro atoms. The number of hydrogen-bond acceptors (Lipinski definition) is 3. The van der Waals surface area contributed by atoms with Crippen molar-refractivity contribution in [1.29, 1.82) is 0 Å². The summed E-state index contributed by atoms with van der Waals surface area (Å²) in [6.45, 7) is 0. The number of halogens is 1. The summed E-state index contributed by atoms with van der Waals surface area (Å²) in [5.41, 5.74) is 2.94. The van der Waals surface area contributed by atoms with Crippen molar-refractivity contribution in [3.63, 3.8) is 0 Å². The van der Waals surface area contributed by atoms with E-state index >= 15 is 0 Å². The Kier molecular flexibility index (Phi) is 2.87. The van der Waals surface area contributed by atoms with Crippen molar-refractivity contribution in [2.45, 2.75) is 6.42 Å². The first-order chi connectivity index (χ1) is 11.6. The van der Waals surface area contributed by atoms with Gasteiger partial charge in [-0.3, -0.25) is 19.8 Å². The molecule has 2 bridgehead atoms. The van der Waals surface area contributed by atoms with Crippen LogP contribution >= 0.6 is 15.9 Å². The second-order valence-electron chi connectivity index (χ2n) is 7.11. The van der Waals surface area contributed by atoms with E-state index in [1.807, 2.05) is 0 Å². The van der Waals surface area contributed by atoms with Gasteiger partial charge in [-0.1, -0.05) is 28.1 Å². The van der Waals surface area contributed by atoms with E-state index in [2.05, 4.69) is 33.5 Å². The number of imide groups is 1. The zero-order valence-electron chi connectivity index (χ0n) is 12.7. The van der Waals surface area contributed by atoms with E-state index in [0.29, 0.717) is 17.4 Å². The number of hydrazine groups is 1. The highest BCUT2D eigenvalue weighted by Crippen LogP contribution is 2.65. The molecule has 1 saturated heterocycles. The Morgan fingerprint density at radius 2 is 1.54 bits per heavy atom. The predicted molar refractivity (Wildman–Crippen MR) is 88.2 cm³/mol. The van der Waals surface area contributed by atoms with E-state index in [1.165, 1.54) is 0 Å². The number of carbonyl (C=O) groups is 3.